The summed E-state index contributed by atoms with van der Waals surface area (Å²) in [6.45, 7) is 7.68. The van der Waals surface area contributed by atoms with Crippen LogP contribution in [-0.2, 0) is 4.79 Å². The molecule has 3 heteroatoms. The minimum absolute atomic E-state index is 0.243. The van der Waals surface area contributed by atoms with Gasteiger partial charge in [-0.15, -0.1) is 0 Å². The summed E-state index contributed by atoms with van der Waals surface area (Å²) in [7, 11) is 0. The molecule has 2 bridgehead atoms. The van der Waals surface area contributed by atoms with Crippen LogP contribution in [0, 0.1) is 22.2 Å². The van der Waals surface area contributed by atoms with E-state index in [1.807, 2.05) is 0 Å². The van der Waals surface area contributed by atoms with Gasteiger partial charge in [-0.2, -0.15) is 0 Å². The standard InChI is InChI=1S/C17H30N2O/c1-15(2)12-6-9-16(15,3)13(10-12)19-14(20)17(11-18)7-4-5-8-17/h12-13H,4-11,18H2,1-3H3,(H,19,20). The lowest BCUT2D eigenvalue weighted by Crippen LogP contribution is -2.53. The first-order chi connectivity index (χ1) is 9.36. The van der Waals surface area contributed by atoms with Crippen LogP contribution in [0.5, 0.6) is 0 Å². The van der Waals surface area contributed by atoms with Crippen molar-refractivity contribution in [2.24, 2.45) is 27.9 Å². The minimum atomic E-state index is -0.262. The zero-order valence-electron chi connectivity index (χ0n) is 13.3. The highest BCUT2D eigenvalue weighted by molar-refractivity contribution is 5.83. The second-order valence-electron chi connectivity index (χ2n) is 8.33. The Bertz CT molecular complexity index is 411. The van der Waals surface area contributed by atoms with Gasteiger partial charge in [0.05, 0.1) is 5.41 Å². The summed E-state index contributed by atoms with van der Waals surface area (Å²) < 4.78 is 0. The minimum Gasteiger partial charge on any atom is -0.352 e. The molecule has 0 aromatic heterocycles. The Hall–Kier alpha value is -0.570. The first-order valence-corrected chi connectivity index (χ1v) is 8.37. The van der Waals surface area contributed by atoms with Gasteiger partial charge in [0.25, 0.3) is 0 Å². The van der Waals surface area contributed by atoms with Crippen LogP contribution in [0.2, 0.25) is 0 Å². The number of hydrogen-bond acceptors (Lipinski definition) is 2. The molecule has 3 saturated carbocycles. The van der Waals surface area contributed by atoms with Crippen LogP contribution in [-0.4, -0.2) is 18.5 Å². The highest BCUT2D eigenvalue weighted by atomic mass is 16.2. The fourth-order valence-corrected chi connectivity index (χ4v) is 5.31. The number of carbonyl (C=O) groups is 1. The first kappa shape index (κ1) is 14.4. The van der Waals surface area contributed by atoms with Gasteiger partial charge in [0.2, 0.25) is 5.91 Å². The van der Waals surface area contributed by atoms with Gasteiger partial charge in [0.1, 0.15) is 0 Å². The Kier molecular flexibility index (Phi) is 3.20. The topological polar surface area (TPSA) is 55.1 Å². The van der Waals surface area contributed by atoms with Crippen molar-refractivity contribution in [2.75, 3.05) is 6.54 Å². The first-order valence-electron chi connectivity index (χ1n) is 8.37. The molecular formula is C17H30N2O. The van der Waals surface area contributed by atoms with E-state index in [2.05, 4.69) is 26.1 Å². The van der Waals surface area contributed by atoms with Gasteiger partial charge in [0.15, 0.2) is 0 Å². The van der Waals surface area contributed by atoms with E-state index in [1.165, 1.54) is 12.8 Å². The van der Waals surface area contributed by atoms with Crippen molar-refractivity contribution in [1.82, 2.24) is 5.32 Å². The summed E-state index contributed by atoms with van der Waals surface area (Å²) in [5.74, 6) is 1.02. The predicted molar refractivity (Wildman–Crippen MR) is 81.1 cm³/mol. The Morgan fingerprint density at radius 1 is 1.20 bits per heavy atom. The summed E-state index contributed by atoms with van der Waals surface area (Å²) in [4.78, 5) is 12.8. The van der Waals surface area contributed by atoms with Crippen molar-refractivity contribution >= 4 is 5.91 Å². The summed E-state index contributed by atoms with van der Waals surface area (Å²) in [5.41, 5.74) is 6.31. The van der Waals surface area contributed by atoms with Gasteiger partial charge in [-0.05, 0) is 48.9 Å². The quantitative estimate of drug-likeness (QED) is 0.834. The lowest BCUT2D eigenvalue weighted by atomic mass is 9.69. The second kappa shape index (κ2) is 4.46. The summed E-state index contributed by atoms with van der Waals surface area (Å²) in [6.07, 6.45) is 8.01. The van der Waals surface area contributed by atoms with Crippen LogP contribution in [0.15, 0.2) is 0 Å². The number of nitrogens with two attached hydrogens (primary N) is 1. The molecular weight excluding hydrogens is 248 g/mol. The number of carbonyl (C=O) groups excluding carboxylic acids is 1. The molecule has 3 N–H and O–H groups in total. The van der Waals surface area contributed by atoms with Gasteiger partial charge in [0, 0.05) is 12.6 Å². The number of amides is 1. The van der Waals surface area contributed by atoms with E-state index in [4.69, 9.17) is 5.73 Å². The van der Waals surface area contributed by atoms with Crippen molar-refractivity contribution < 1.29 is 4.79 Å². The fraction of sp³-hybridized carbons (Fsp3) is 0.941. The molecule has 3 fully saturated rings. The highest BCUT2D eigenvalue weighted by Crippen LogP contribution is 2.65. The highest BCUT2D eigenvalue weighted by Gasteiger charge is 2.62. The van der Waals surface area contributed by atoms with E-state index in [0.29, 0.717) is 18.0 Å². The lowest BCUT2D eigenvalue weighted by Gasteiger charge is -2.41. The van der Waals surface area contributed by atoms with Crippen LogP contribution in [0.25, 0.3) is 0 Å². The molecule has 0 heterocycles. The maximum Gasteiger partial charge on any atom is 0.227 e. The van der Waals surface area contributed by atoms with Crippen LogP contribution in [0.3, 0.4) is 0 Å². The number of nitrogens with one attached hydrogen (secondary N) is 1. The van der Waals surface area contributed by atoms with Gasteiger partial charge < -0.3 is 11.1 Å². The third kappa shape index (κ3) is 1.71. The molecule has 0 radical (unpaired) electrons. The van der Waals surface area contributed by atoms with Crippen molar-refractivity contribution in [1.29, 1.82) is 0 Å². The third-order valence-corrected chi connectivity index (χ3v) is 7.53. The largest absolute Gasteiger partial charge is 0.352 e. The summed E-state index contributed by atoms with van der Waals surface area (Å²) in [6, 6.07) is 0.354. The van der Waals surface area contributed by atoms with E-state index < -0.39 is 0 Å². The third-order valence-electron chi connectivity index (χ3n) is 7.53. The predicted octanol–water partition coefficient (Wildman–Crippen LogP) is 2.84. The molecule has 3 rings (SSSR count). The lowest BCUT2D eigenvalue weighted by molar-refractivity contribution is -0.132. The zero-order chi connectivity index (χ0) is 14.6. The molecule has 0 aromatic carbocycles. The molecule has 0 spiro atoms. The second-order valence-corrected chi connectivity index (χ2v) is 8.33. The van der Waals surface area contributed by atoms with Crippen molar-refractivity contribution in [2.45, 2.75) is 71.8 Å². The van der Waals surface area contributed by atoms with E-state index in [-0.39, 0.29) is 16.7 Å². The van der Waals surface area contributed by atoms with Crippen LogP contribution < -0.4 is 11.1 Å². The summed E-state index contributed by atoms with van der Waals surface area (Å²) in [5, 5.41) is 3.42. The van der Waals surface area contributed by atoms with Gasteiger partial charge >= 0.3 is 0 Å². The van der Waals surface area contributed by atoms with Gasteiger partial charge in [-0.1, -0.05) is 33.6 Å². The van der Waals surface area contributed by atoms with Gasteiger partial charge in [-0.3, -0.25) is 4.79 Å². The molecule has 20 heavy (non-hydrogen) atoms. The Balaban J connectivity index is 1.75. The summed E-state index contributed by atoms with van der Waals surface area (Å²) >= 11 is 0. The number of hydrogen-bond donors (Lipinski definition) is 2. The average Bonchev–Trinajstić information content (AvgIpc) is 3.02. The molecule has 0 aliphatic heterocycles. The number of fused-ring (bicyclic) bond motifs is 2. The Morgan fingerprint density at radius 3 is 2.30 bits per heavy atom. The van der Waals surface area contributed by atoms with Crippen LogP contribution in [0.1, 0.15) is 65.7 Å². The Morgan fingerprint density at radius 2 is 1.85 bits per heavy atom. The van der Waals surface area contributed by atoms with Gasteiger partial charge in [-0.25, -0.2) is 0 Å². The molecule has 3 unspecified atom stereocenters. The normalized spacial score (nSPS) is 41.0. The molecule has 3 aliphatic rings. The molecule has 3 atom stereocenters. The van der Waals surface area contributed by atoms with E-state index in [0.717, 1.165) is 38.0 Å². The van der Waals surface area contributed by atoms with Crippen molar-refractivity contribution in [3.63, 3.8) is 0 Å². The van der Waals surface area contributed by atoms with Crippen molar-refractivity contribution in [3.05, 3.63) is 0 Å². The molecule has 3 aliphatic carbocycles. The van der Waals surface area contributed by atoms with Crippen LogP contribution >= 0.6 is 0 Å². The maximum absolute atomic E-state index is 12.8. The smallest absolute Gasteiger partial charge is 0.227 e. The SMILES string of the molecule is CC1(C)C2CCC1(C)C(NC(=O)C1(CN)CCCC1)C2. The number of rotatable bonds is 3. The van der Waals surface area contributed by atoms with E-state index >= 15 is 0 Å². The van der Waals surface area contributed by atoms with Crippen LogP contribution in [0.4, 0.5) is 0 Å². The average molecular weight is 278 g/mol. The monoisotopic (exact) mass is 278 g/mol. The molecule has 1 amide bonds. The Labute approximate surface area is 123 Å². The molecule has 0 aromatic rings. The van der Waals surface area contributed by atoms with Crippen molar-refractivity contribution in [3.8, 4) is 0 Å². The maximum atomic E-state index is 12.8. The molecule has 114 valence electrons. The molecule has 3 nitrogen and oxygen atoms in total. The fourth-order valence-electron chi connectivity index (χ4n) is 5.31. The van der Waals surface area contributed by atoms with E-state index in [9.17, 15) is 4.79 Å². The van der Waals surface area contributed by atoms with E-state index in [1.54, 1.807) is 0 Å². The zero-order valence-corrected chi connectivity index (χ0v) is 13.3. The molecule has 0 saturated heterocycles.